The normalized spacial score (nSPS) is 17.5. The molecule has 6 heteroatoms. The lowest BCUT2D eigenvalue weighted by Crippen LogP contribution is -2.38. The Morgan fingerprint density at radius 3 is 2.62 bits per heavy atom. The number of anilines is 1. The molecule has 154 valence electrons. The lowest BCUT2D eigenvalue weighted by molar-refractivity contribution is -0.126. The van der Waals surface area contributed by atoms with Crippen LogP contribution in [-0.4, -0.2) is 51.0 Å². The van der Waals surface area contributed by atoms with Crippen molar-refractivity contribution in [2.24, 2.45) is 5.92 Å². The number of hydrogen-bond donors (Lipinski definition) is 1. The molecule has 6 nitrogen and oxygen atoms in total. The third-order valence-corrected chi connectivity index (χ3v) is 5.40. The van der Waals surface area contributed by atoms with E-state index in [2.05, 4.69) is 22.3 Å². The van der Waals surface area contributed by atoms with Gasteiger partial charge in [-0.15, -0.1) is 0 Å². The molecular weight excluding hydrogens is 366 g/mol. The van der Waals surface area contributed by atoms with Crippen molar-refractivity contribution in [3.63, 3.8) is 0 Å². The van der Waals surface area contributed by atoms with Crippen LogP contribution in [0.1, 0.15) is 23.6 Å². The second kappa shape index (κ2) is 9.09. The molecule has 1 fully saturated rings. The summed E-state index contributed by atoms with van der Waals surface area (Å²) in [7, 11) is 5.58. The van der Waals surface area contributed by atoms with Gasteiger partial charge in [-0.1, -0.05) is 36.4 Å². The second-order valence-corrected chi connectivity index (χ2v) is 7.72. The van der Waals surface area contributed by atoms with E-state index < -0.39 is 0 Å². The van der Waals surface area contributed by atoms with Crippen molar-refractivity contribution in [3.8, 4) is 5.75 Å². The smallest absolute Gasteiger partial charge is 0.227 e. The Morgan fingerprint density at radius 1 is 1.24 bits per heavy atom. The average molecular weight is 396 g/mol. The first kappa shape index (κ1) is 20.9. The topological polar surface area (TPSA) is 61.9 Å². The quantitative estimate of drug-likeness (QED) is 0.783. The van der Waals surface area contributed by atoms with Crippen molar-refractivity contribution >= 4 is 17.5 Å². The highest BCUT2D eigenvalue weighted by atomic mass is 16.5. The monoisotopic (exact) mass is 395 g/mol. The van der Waals surface area contributed by atoms with Gasteiger partial charge in [-0.3, -0.25) is 9.59 Å². The van der Waals surface area contributed by atoms with Crippen LogP contribution in [0.5, 0.6) is 5.75 Å². The van der Waals surface area contributed by atoms with E-state index in [0.29, 0.717) is 18.8 Å². The molecule has 29 heavy (non-hydrogen) atoms. The van der Waals surface area contributed by atoms with E-state index in [4.69, 9.17) is 4.74 Å². The molecule has 0 aromatic heterocycles. The maximum Gasteiger partial charge on any atom is 0.227 e. The number of nitrogens with one attached hydrogen (secondary N) is 1. The first-order valence-electron chi connectivity index (χ1n) is 9.84. The highest BCUT2D eigenvalue weighted by molar-refractivity contribution is 6.01. The number of nitrogens with zero attached hydrogens (tertiary/aromatic N) is 2. The van der Waals surface area contributed by atoms with Crippen molar-refractivity contribution in [3.05, 3.63) is 59.7 Å². The Kier molecular flexibility index (Phi) is 6.54. The summed E-state index contributed by atoms with van der Waals surface area (Å²) in [5, 5.41) is 3.05. The van der Waals surface area contributed by atoms with E-state index in [1.807, 2.05) is 57.4 Å². The fraction of sp³-hybridized carbons (Fsp3) is 0.391. The van der Waals surface area contributed by atoms with Gasteiger partial charge in [0.25, 0.3) is 0 Å². The molecule has 1 aliphatic rings. The van der Waals surface area contributed by atoms with Gasteiger partial charge in [0, 0.05) is 19.5 Å². The van der Waals surface area contributed by atoms with Gasteiger partial charge in [0.1, 0.15) is 5.75 Å². The predicted octanol–water partition coefficient (Wildman–Crippen LogP) is 2.78. The Bertz CT molecular complexity index is 867. The zero-order valence-corrected chi connectivity index (χ0v) is 17.5. The minimum absolute atomic E-state index is 0.0544. The molecule has 3 rings (SSSR count). The number of likely N-dealkylation sites (N-methyl/N-ethyl adjacent to an activating group) is 1. The Labute approximate surface area is 172 Å². The van der Waals surface area contributed by atoms with Gasteiger partial charge in [-0.05, 0) is 44.3 Å². The highest BCUT2D eigenvalue weighted by Crippen LogP contribution is 2.34. The maximum atomic E-state index is 12.8. The van der Waals surface area contributed by atoms with Crippen molar-refractivity contribution in [2.45, 2.75) is 19.4 Å². The van der Waals surface area contributed by atoms with Crippen LogP contribution in [0, 0.1) is 12.8 Å². The van der Waals surface area contributed by atoms with Crippen LogP contribution in [-0.2, 0) is 9.59 Å². The first-order chi connectivity index (χ1) is 13.9. The maximum absolute atomic E-state index is 12.8. The first-order valence-corrected chi connectivity index (χ1v) is 9.84. The summed E-state index contributed by atoms with van der Waals surface area (Å²) in [4.78, 5) is 29.2. The molecule has 1 saturated heterocycles. The van der Waals surface area contributed by atoms with Gasteiger partial charge < -0.3 is 19.9 Å². The van der Waals surface area contributed by atoms with Crippen molar-refractivity contribution in [1.29, 1.82) is 0 Å². The molecule has 2 amide bonds. The molecule has 2 unspecified atom stereocenters. The standard InChI is InChI=1S/C23H29N3O3/c1-16-10-11-21(29-4)19(12-16)26-15-18(13-22(26)27)23(28)24-14-20(25(2)3)17-8-6-5-7-9-17/h5-12,18,20H,13-15H2,1-4H3,(H,24,28). The number of rotatable bonds is 7. The van der Waals surface area contributed by atoms with Gasteiger partial charge in [0.2, 0.25) is 11.8 Å². The summed E-state index contributed by atoms with van der Waals surface area (Å²) in [6.45, 7) is 2.83. The largest absolute Gasteiger partial charge is 0.495 e. The highest BCUT2D eigenvalue weighted by Gasteiger charge is 2.36. The summed E-state index contributed by atoms with van der Waals surface area (Å²) in [5.41, 5.74) is 2.91. The molecule has 2 atom stereocenters. The zero-order chi connectivity index (χ0) is 21.0. The predicted molar refractivity (Wildman–Crippen MR) is 114 cm³/mol. The summed E-state index contributed by atoms with van der Waals surface area (Å²) in [6, 6.07) is 15.9. The molecular formula is C23H29N3O3. The number of ether oxygens (including phenoxy) is 1. The van der Waals surface area contributed by atoms with Gasteiger partial charge >= 0.3 is 0 Å². The lowest BCUT2D eigenvalue weighted by Gasteiger charge is -2.25. The van der Waals surface area contributed by atoms with E-state index in [1.165, 1.54) is 0 Å². The minimum atomic E-state index is -0.369. The van der Waals surface area contributed by atoms with E-state index in [0.717, 1.165) is 16.8 Å². The van der Waals surface area contributed by atoms with Crippen LogP contribution < -0.4 is 15.0 Å². The molecule has 0 spiro atoms. The third-order valence-electron chi connectivity index (χ3n) is 5.40. The van der Waals surface area contributed by atoms with E-state index in [1.54, 1.807) is 12.0 Å². The SMILES string of the molecule is COc1ccc(C)cc1N1CC(C(=O)NCC(c2ccccc2)N(C)C)CC1=O. The van der Waals surface area contributed by atoms with Gasteiger partial charge in [0.15, 0.2) is 0 Å². The Balaban J connectivity index is 1.67. The number of aryl methyl sites for hydroxylation is 1. The van der Waals surface area contributed by atoms with Gasteiger partial charge in [0.05, 0.1) is 24.8 Å². The van der Waals surface area contributed by atoms with Gasteiger partial charge in [-0.25, -0.2) is 0 Å². The number of hydrogen-bond acceptors (Lipinski definition) is 4. The minimum Gasteiger partial charge on any atom is -0.495 e. The Morgan fingerprint density at radius 2 is 1.97 bits per heavy atom. The molecule has 1 heterocycles. The summed E-state index contributed by atoms with van der Waals surface area (Å²) in [5.74, 6) is 0.129. The Hall–Kier alpha value is -2.86. The van der Waals surface area contributed by atoms with Crippen molar-refractivity contribution in [1.82, 2.24) is 10.2 Å². The second-order valence-electron chi connectivity index (χ2n) is 7.72. The number of amides is 2. The van der Waals surface area contributed by atoms with Crippen LogP contribution >= 0.6 is 0 Å². The van der Waals surface area contributed by atoms with E-state index in [-0.39, 0.29) is 30.2 Å². The van der Waals surface area contributed by atoms with Gasteiger partial charge in [-0.2, -0.15) is 0 Å². The van der Waals surface area contributed by atoms with Crippen molar-refractivity contribution in [2.75, 3.05) is 39.2 Å². The number of benzene rings is 2. The average Bonchev–Trinajstić information content (AvgIpc) is 3.10. The summed E-state index contributed by atoms with van der Waals surface area (Å²) < 4.78 is 5.41. The van der Waals surface area contributed by atoms with Crippen molar-refractivity contribution < 1.29 is 14.3 Å². The molecule has 2 aromatic carbocycles. The van der Waals surface area contributed by atoms with Crippen LogP contribution in [0.3, 0.4) is 0 Å². The van der Waals surface area contributed by atoms with E-state index in [9.17, 15) is 9.59 Å². The number of carbonyl (C=O) groups is 2. The molecule has 0 aliphatic carbocycles. The number of methoxy groups -OCH3 is 1. The lowest BCUT2D eigenvalue weighted by atomic mass is 10.0. The molecule has 0 saturated carbocycles. The van der Waals surface area contributed by atoms with E-state index >= 15 is 0 Å². The molecule has 2 aromatic rings. The van der Waals surface area contributed by atoms with Crippen LogP contribution in [0.25, 0.3) is 0 Å². The number of carbonyl (C=O) groups excluding carboxylic acids is 2. The molecule has 1 aliphatic heterocycles. The molecule has 0 radical (unpaired) electrons. The fourth-order valence-electron chi connectivity index (χ4n) is 3.74. The fourth-order valence-corrected chi connectivity index (χ4v) is 3.74. The third kappa shape index (κ3) is 4.77. The van der Waals surface area contributed by atoms with Crippen LogP contribution in [0.15, 0.2) is 48.5 Å². The van der Waals surface area contributed by atoms with Crippen LogP contribution in [0.2, 0.25) is 0 Å². The molecule has 1 N–H and O–H groups in total. The summed E-state index contributed by atoms with van der Waals surface area (Å²) in [6.07, 6.45) is 0.209. The molecule has 0 bridgehead atoms. The van der Waals surface area contributed by atoms with Crippen LogP contribution in [0.4, 0.5) is 5.69 Å². The zero-order valence-electron chi connectivity index (χ0n) is 17.5. The summed E-state index contributed by atoms with van der Waals surface area (Å²) >= 11 is 0.